The summed E-state index contributed by atoms with van der Waals surface area (Å²) >= 11 is 0. The van der Waals surface area contributed by atoms with Crippen molar-refractivity contribution in [3.05, 3.63) is 0 Å². The molecular formula is C71H106O16. The number of ether oxygens (including phenoxy) is 11. The summed E-state index contributed by atoms with van der Waals surface area (Å²) in [7, 11) is 0. The molecule has 0 aromatic carbocycles. The number of carbonyl (C=O) groups excluding carboxylic acids is 5. The summed E-state index contributed by atoms with van der Waals surface area (Å²) < 4.78 is 72.7. The topological polar surface area (TPSA) is 187 Å². The molecule has 0 spiro atoms. The number of carbonyl (C=O) groups is 5. The lowest BCUT2D eigenvalue weighted by atomic mass is 9.50. The van der Waals surface area contributed by atoms with E-state index >= 15 is 0 Å². The van der Waals surface area contributed by atoms with Gasteiger partial charge in [-0.25, -0.2) is 24.0 Å². The Morgan fingerprint density at radius 1 is 0.425 bits per heavy atom. The Morgan fingerprint density at radius 3 is 1.09 bits per heavy atom. The number of hydrogen-bond acceptors (Lipinski definition) is 16. The molecule has 87 heavy (non-hydrogen) atoms. The van der Waals surface area contributed by atoms with Gasteiger partial charge in [-0.05, 0) is 289 Å². The van der Waals surface area contributed by atoms with Crippen molar-refractivity contribution in [2.75, 3.05) is 39.6 Å². The van der Waals surface area contributed by atoms with Gasteiger partial charge in [-0.15, -0.1) is 0 Å². The quantitative estimate of drug-likeness (QED) is 0.0620. The maximum Gasteiger partial charge on any atom is 0.332 e. The van der Waals surface area contributed by atoms with Gasteiger partial charge in [0.1, 0.15) is 85.5 Å². The number of esters is 5. The van der Waals surface area contributed by atoms with E-state index in [1.54, 1.807) is 0 Å². The van der Waals surface area contributed by atoms with Crippen LogP contribution < -0.4 is 0 Å². The molecule has 18 rings (SSSR count). The van der Waals surface area contributed by atoms with Crippen molar-refractivity contribution in [1.29, 1.82) is 0 Å². The van der Waals surface area contributed by atoms with E-state index in [0.29, 0.717) is 65.1 Å². The van der Waals surface area contributed by atoms with Gasteiger partial charge in [0.15, 0.2) is 6.29 Å². The third-order valence-corrected chi connectivity index (χ3v) is 27.7. The Hall–Kier alpha value is -2.89. The first-order valence-corrected chi connectivity index (χ1v) is 35.4. The van der Waals surface area contributed by atoms with E-state index in [-0.39, 0.29) is 54.6 Å². The van der Waals surface area contributed by atoms with E-state index in [1.165, 1.54) is 44.9 Å². The number of hydrogen-bond donors (Lipinski definition) is 0. The molecule has 16 bridgehead atoms. The highest BCUT2D eigenvalue weighted by molar-refractivity contribution is 5.73. The predicted octanol–water partition coefficient (Wildman–Crippen LogP) is 11.5. The van der Waals surface area contributed by atoms with Crippen LogP contribution in [0.25, 0.3) is 0 Å². The van der Waals surface area contributed by atoms with Crippen LogP contribution in [-0.4, -0.2) is 128 Å². The minimum absolute atomic E-state index is 0.124. The molecular weight excluding hydrogens is 1110 g/mol. The van der Waals surface area contributed by atoms with Crippen molar-refractivity contribution < 1.29 is 76.1 Å². The van der Waals surface area contributed by atoms with Crippen molar-refractivity contribution in [1.82, 2.24) is 0 Å². The van der Waals surface area contributed by atoms with Crippen LogP contribution in [-0.2, 0) is 76.1 Å². The molecule has 16 heteroatoms. The van der Waals surface area contributed by atoms with Crippen LogP contribution in [0.5, 0.6) is 0 Å². The standard InChI is InChI=1S/C71H106O16/c1-8-48(16-39-10-9-11-39)67(2,3)83-59(73)35-78-63-57(33-77-34-58(72)84-68(4)49-17-40-12-41(19-49)20-50(68)18-40)82-66(81-38-62(76)87-71(7)55-29-46-15-47(31-55)32-56(71)30-46)65(80-37-61(75)86-70(6)53-25-44-14-45(27-53)28-54(70)26-44)64(63)79-36-60(74)85-69(5)51-21-42-13-43(23-51)24-52(69)22-42/h39-57,63-66H,8-38H2,1-7H3/t40?,41?,42?,43?,44?,45?,46?,47?,48?,49?,50?,51?,52?,53?,54?,55?,56?,57-,63-,64+,65-,66+,68?,69?,70?,71?/m1/s1. The summed E-state index contributed by atoms with van der Waals surface area (Å²) in [5.41, 5.74) is -3.32. The normalized spacial score (nSPS) is 47.0. The van der Waals surface area contributed by atoms with Crippen molar-refractivity contribution in [3.63, 3.8) is 0 Å². The van der Waals surface area contributed by atoms with E-state index in [2.05, 4.69) is 34.6 Å². The molecule has 1 saturated heterocycles. The summed E-state index contributed by atoms with van der Waals surface area (Å²) in [6, 6.07) is 0. The van der Waals surface area contributed by atoms with Crippen molar-refractivity contribution in [3.8, 4) is 0 Å². The Bertz CT molecular complexity index is 2440. The van der Waals surface area contributed by atoms with Crippen LogP contribution >= 0.6 is 0 Å². The monoisotopic (exact) mass is 1210 g/mol. The Labute approximate surface area is 517 Å². The molecule has 486 valence electrons. The lowest BCUT2D eigenvalue weighted by molar-refractivity contribution is -0.323. The van der Waals surface area contributed by atoms with Crippen LogP contribution in [0.4, 0.5) is 0 Å². The molecule has 18 aliphatic rings. The molecule has 1 unspecified atom stereocenters. The lowest BCUT2D eigenvalue weighted by Crippen LogP contribution is -2.63. The molecule has 1 aliphatic heterocycles. The number of rotatable bonds is 25. The zero-order valence-electron chi connectivity index (χ0n) is 53.7. The van der Waals surface area contributed by atoms with Crippen LogP contribution in [0, 0.1) is 107 Å². The highest BCUT2D eigenvalue weighted by Gasteiger charge is 2.62. The Balaban J connectivity index is 0.746. The molecule has 0 amide bonds. The predicted molar refractivity (Wildman–Crippen MR) is 317 cm³/mol. The maximum atomic E-state index is 14.6. The molecule has 18 fully saturated rings. The second-order valence-electron chi connectivity index (χ2n) is 33.3. The summed E-state index contributed by atoms with van der Waals surface area (Å²) in [4.78, 5) is 72.0. The minimum Gasteiger partial charge on any atom is -0.458 e. The average molecular weight is 1220 g/mol. The minimum atomic E-state index is -1.44. The van der Waals surface area contributed by atoms with Crippen molar-refractivity contribution in [2.24, 2.45) is 107 Å². The van der Waals surface area contributed by atoms with E-state index < -0.39 is 115 Å². The van der Waals surface area contributed by atoms with Gasteiger partial charge in [0, 0.05) is 0 Å². The van der Waals surface area contributed by atoms with Crippen LogP contribution in [0.1, 0.15) is 209 Å². The van der Waals surface area contributed by atoms with E-state index in [9.17, 15) is 24.0 Å². The molecule has 17 aliphatic carbocycles. The molecule has 16 nitrogen and oxygen atoms in total. The van der Waals surface area contributed by atoms with Gasteiger partial charge < -0.3 is 52.1 Å². The Morgan fingerprint density at radius 2 is 0.747 bits per heavy atom. The summed E-state index contributed by atoms with van der Waals surface area (Å²) in [5.74, 6) is 5.53. The first kappa shape index (κ1) is 61.6. The highest BCUT2D eigenvalue weighted by atomic mass is 16.7. The lowest BCUT2D eigenvalue weighted by Gasteiger charge is -2.59. The van der Waals surface area contributed by atoms with E-state index in [4.69, 9.17) is 52.1 Å². The van der Waals surface area contributed by atoms with Crippen molar-refractivity contribution in [2.45, 2.75) is 268 Å². The largest absolute Gasteiger partial charge is 0.458 e. The van der Waals surface area contributed by atoms with Crippen LogP contribution in [0.3, 0.4) is 0 Å². The van der Waals surface area contributed by atoms with Crippen LogP contribution in [0.2, 0.25) is 0 Å². The van der Waals surface area contributed by atoms with Gasteiger partial charge in [-0.2, -0.15) is 0 Å². The summed E-state index contributed by atoms with van der Waals surface area (Å²) in [6.45, 7) is 11.7. The third kappa shape index (κ3) is 11.9. The van der Waals surface area contributed by atoms with E-state index in [0.717, 1.165) is 116 Å². The van der Waals surface area contributed by atoms with Crippen LogP contribution in [0.15, 0.2) is 0 Å². The molecule has 1 heterocycles. The molecule has 0 N–H and O–H groups in total. The SMILES string of the molecule is CCC(CC1CCC1)C(C)(C)OC(=O)CO[C@H]1[C@H](OCC(=O)OC2(C)C3CC4CC(C3)CC2C4)[C@@H](OCC(=O)OC2(C)C3CC4CC(C3)CC2C4)[C@@H](OCC(=O)OC2(C)C3CC4CC(C3)CC2C4)O[C@@H]1COCC(=O)OC1(C)C2CC3CC(C2)CC1C3. The molecule has 0 aromatic heterocycles. The fourth-order valence-corrected chi connectivity index (χ4v) is 23.3. The highest BCUT2D eigenvalue weighted by Crippen LogP contribution is 2.63. The van der Waals surface area contributed by atoms with Gasteiger partial charge in [0.2, 0.25) is 0 Å². The van der Waals surface area contributed by atoms with Gasteiger partial charge >= 0.3 is 29.8 Å². The second-order valence-corrected chi connectivity index (χ2v) is 33.3. The van der Waals surface area contributed by atoms with Crippen molar-refractivity contribution >= 4 is 29.8 Å². The smallest absolute Gasteiger partial charge is 0.332 e. The maximum absolute atomic E-state index is 14.6. The Kier molecular flexibility index (Phi) is 16.9. The fraction of sp³-hybridized carbons (Fsp3) is 0.930. The first-order chi connectivity index (χ1) is 41.6. The van der Waals surface area contributed by atoms with Gasteiger partial charge in [0.25, 0.3) is 0 Å². The first-order valence-electron chi connectivity index (χ1n) is 35.4. The molecule has 6 atom stereocenters. The third-order valence-electron chi connectivity index (χ3n) is 27.7. The van der Waals surface area contributed by atoms with Gasteiger partial charge in [-0.3, -0.25) is 0 Å². The molecule has 0 radical (unpaired) electrons. The second kappa shape index (κ2) is 23.9. The summed E-state index contributed by atoms with van der Waals surface area (Å²) in [6.07, 6.45) is 20.7. The molecule has 17 saturated carbocycles. The van der Waals surface area contributed by atoms with E-state index in [1.807, 2.05) is 13.8 Å². The zero-order valence-corrected chi connectivity index (χ0v) is 53.7. The fourth-order valence-electron chi connectivity index (χ4n) is 23.3. The average Bonchev–Trinajstić information content (AvgIpc) is 0.862. The zero-order chi connectivity index (χ0) is 60.4. The summed E-state index contributed by atoms with van der Waals surface area (Å²) in [5, 5.41) is 0. The van der Waals surface area contributed by atoms with Gasteiger partial charge in [-0.1, -0.05) is 26.2 Å². The van der Waals surface area contributed by atoms with Gasteiger partial charge in [0.05, 0.1) is 6.61 Å². The molecule has 0 aromatic rings.